The maximum atomic E-state index is 14.0. The number of halogens is 1. The molecule has 184 valence electrons. The Balaban J connectivity index is 1.52. The van der Waals surface area contributed by atoms with E-state index in [4.69, 9.17) is 9.72 Å². The molecular formula is C31H28FN3OSi. The molecule has 0 N–H and O–H groups in total. The summed E-state index contributed by atoms with van der Waals surface area (Å²) in [4.78, 5) is 4.80. The number of aromatic nitrogens is 2. The molecular weight excluding hydrogens is 477 g/mol. The van der Waals surface area contributed by atoms with E-state index >= 15 is 0 Å². The van der Waals surface area contributed by atoms with Gasteiger partial charge in [-0.25, -0.2) is 9.37 Å². The van der Waals surface area contributed by atoms with Crippen LogP contribution < -0.4 is 4.74 Å². The molecule has 2 aromatic carbocycles. The van der Waals surface area contributed by atoms with Gasteiger partial charge in [0.1, 0.15) is 31.9 Å². The second kappa shape index (κ2) is 9.39. The van der Waals surface area contributed by atoms with Crippen LogP contribution in [0.3, 0.4) is 0 Å². The summed E-state index contributed by atoms with van der Waals surface area (Å²) in [6.07, 6.45) is 2.74. The number of aryl methyl sites for hydroxylation is 1. The Bertz CT molecular complexity index is 1690. The van der Waals surface area contributed by atoms with Crippen LogP contribution in [-0.2, 0) is 13.0 Å². The Kier molecular flexibility index (Phi) is 6.23. The summed E-state index contributed by atoms with van der Waals surface area (Å²) in [5, 5.41) is 9.70. The van der Waals surface area contributed by atoms with Gasteiger partial charge in [-0.15, -0.1) is 5.54 Å². The van der Waals surface area contributed by atoms with Crippen molar-refractivity contribution in [1.29, 1.82) is 5.26 Å². The minimum absolute atomic E-state index is 0.299. The molecule has 0 unspecified atom stereocenters. The van der Waals surface area contributed by atoms with Crippen LogP contribution in [0.15, 0.2) is 60.3 Å². The highest BCUT2D eigenvalue weighted by Crippen LogP contribution is 2.39. The van der Waals surface area contributed by atoms with Crippen LogP contribution >= 0.6 is 0 Å². The van der Waals surface area contributed by atoms with Crippen molar-refractivity contribution in [1.82, 2.24) is 9.38 Å². The quantitative estimate of drug-likeness (QED) is 0.170. The van der Waals surface area contributed by atoms with E-state index < -0.39 is 8.07 Å². The monoisotopic (exact) mass is 505 g/mol. The van der Waals surface area contributed by atoms with Crippen LogP contribution in [0.4, 0.5) is 4.39 Å². The van der Waals surface area contributed by atoms with Gasteiger partial charge >= 0.3 is 0 Å². The standard InChI is InChI=1S/C31H28FN3OSi/c1-20(18-33)31-26-8-6-23(14-24(26)19-36-29-17-25(32)7-9-27(29)31)15-28-21(2)34-30-16-22(10-12-35(28)30)11-13-37(3,4)5/h6-10,12,14,16-17H,15,19H2,1-5H3/b31-20+. The normalized spacial score (nSPS) is 14.0. The van der Waals surface area contributed by atoms with Crippen LogP contribution in [0.5, 0.6) is 5.75 Å². The van der Waals surface area contributed by atoms with Crippen LogP contribution in [-0.4, -0.2) is 17.5 Å². The number of nitriles is 1. The van der Waals surface area contributed by atoms with Gasteiger partial charge in [-0.3, -0.25) is 0 Å². The molecule has 1 aliphatic rings. The molecule has 5 rings (SSSR count). The molecule has 0 atom stereocenters. The predicted octanol–water partition coefficient (Wildman–Crippen LogP) is 6.84. The zero-order valence-electron chi connectivity index (χ0n) is 21.7. The van der Waals surface area contributed by atoms with Gasteiger partial charge in [0.2, 0.25) is 0 Å². The van der Waals surface area contributed by atoms with Crippen LogP contribution in [0.25, 0.3) is 11.2 Å². The van der Waals surface area contributed by atoms with E-state index in [1.54, 1.807) is 13.0 Å². The molecule has 0 fully saturated rings. The predicted molar refractivity (Wildman–Crippen MR) is 147 cm³/mol. The summed E-state index contributed by atoms with van der Waals surface area (Å²) in [6.45, 7) is 10.8. The van der Waals surface area contributed by atoms with E-state index in [1.807, 2.05) is 31.3 Å². The van der Waals surface area contributed by atoms with Crippen LogP contribution in [0, 0.1) is 35.5 Å². The SMILES string of the molecule is C/C(C#N)=C1/c2ccc(Cc3c(C)nc4cc(C#C[Si](C)(C)C)ccn34)cc2COc2cc(F)ccc21. The van der Waals surface area contributed by atoms with Crippen LogP contribution in [0.1, 0.15) is 46.1 Å². The molecule has 1 aliphatic heterocycles. The molecule has 0 aliphatic carbocycles. The van der Waals surface area contributed by atoms with E-state index in [-0.39, 0.29) is 5.82 Å². The molecule has 0 radical (unpaired) electrons. The fourth-order valence-electron chi connectivity index (χ4n) is 4.66. The molecule has 0 saturated carbocycles. The van der Waals surface area contributed by atoms with E-state index in [9.17, 15) is 9.65 Å². The van der Waals surface area contributed by atoms with E-state index in [2.05, 4.69) is 53.7 Å². The number of imidazole rings is 1. The van der Waals surface area contributed by atoms with Crippen molar-refractivity contribution < 1.29 is 9.13 Å². The van der Waals surface area contributed by atoms with Crippen molar-refractivity contribution in [3.8, 4) is 23.3 Å². The minimum atomic E-state index is -1.46. The highest BCUT2D eigenvalue weighted by atomic mass is 28.3. The molecule has 2 aromatic heterocycles. The Labute approximate surface area is 218 Å². The van der Waals surface area contributed by atoms with Crippen molar-refractivity contribution >= 4 is 19.3 Å². The second-order valence-electron chi connectivity index (χ2n) is 10.5. The van der Waals surface area contributed by atoms with Gasteiger partial charge in [0.25, 0.3) is 0 Å². The summed E-state index contributed by atoms with van der Waals surface area (Å²) in [5.74, 6) is 3.41. The Morgan fingerprint density at radius 2 is 1.89 bits per heavy atom. The number of nitrogens with zero attached hydrogens (tertiary/aromatic N) is 3. The lowest BCUT2D eigenvalue weighted by atomic mass is 9.89. The van der Waals surface area contributed by atoms with E-state index in [1.165, 1.54) is 12.1 Å². The zero-order valence-corrected chi connectivity index (χ0v) is 22.7. The Morgan fingerprint density at radius 1 is 1.11 bits per heavy atom. The summed E-state index contributed by atoms with van der Waals surface area (Å²) >= 11 is 0. The molecule has 0 saturated heterocycles. The lowest BCUT2D eigenvalue weighted by Gasteiger charge is -2.13. The van der Waals surface area contributed by atoms with Crippen molar-refractivity contribution in [2.45, 2.75) is 46.5 Å². The number of hydrogen-bond donors (Lipinski definition) is 0. The number of rotatable bonds is 2. The molecule has 3 heterocycles. The van der Waals surface area contributed by atoms with E-state index in [0.717, 1.165) is 50.4 Å². The van der Waals surface area contributed by atoms with Gasteiger partial charge in [-0.2, -0.15) is 5.26 Å². The Hall–Kier alpha value is -4.13. The summed E-state index contributed by atoms with van der Waals surface area (Å²) in [6, 6.07) is 17.1. The minimum Gasteiger partial charge on any atom is -0.488 e. The van der Waals surface area contributed by atoms with Crippen molar-refractivity contribution in [3.63, 3.8) is 0 Å². The summed E-state index contributed by atoms with van der Waals surface area (Å²) < 4.78 is 22.1. The number of ether oxygens (including phenoxy) is 1. The number of fused-ring (bicyclic) bond motifs is 3. The number of hydrogen-bond acceptors (Lipinski definition) is 3. The highest BCUT2D eigenvalue weighted by molar-refractivity contribution is 6.83. The summed E-state index contributed by atoms with van der Waals surface area (Å²) in [7, 11) is -1.46. The molecule has 37 heavy (non-hydrogen) atoms. The first kappa shape index (κ1) is 24.6. The molecule has 0 bridgehead atoms. The zero-order chi connectivity index (χ0) is 26.3. The average molecular weight is 506 g/mol. The first-order chi connectivity index (χ1) is 17.6. The van der Waals surface area contributed by atoms with Gasteiger partial charge in [0, 0.05) is 46.7 Å². The third-order valence-electron chi connectivity index (χ3n) is 6.46. The van der Waals surface area contributed by atoms with Gasteiger partial charge in [0.05, 0.1) is 11.8 Å². The fourth-order valence-corrected chi connectivity index (χ4v) is 5.18. The van der Waals surface area contributed by atoms with Gasteiger partial charge in [0.15, 0.2) is 0 Å². The maximum Gasteiger partial charge on any atom is 0.138 e. The molecule has 0 spiro atoms. The molecule has 4 aromatic rings. The molecule has 0 amide bonds. The lowest BCUT2D eigenvalue weighted by Crippen LogP contribution is -2.16. The average Bonchev–Trinajstić information content (AvgIpc) is 3.06. The van der Waals surface area contributed by atoms with Crippen molar-refractivity contribution in [2.24, 2.45) is 0 Å². The third-order valence-corrected chi connectivity index (χ3v) is 7.33. The largest absolute Gasteiger partial charge is 0.488 e. The number of benzene rings is 2. The first-order valence-corrected chi connectivity index (χ1v) is 15.8. The highest BCUT2D eigenvalue weighted by Gasteiger charge is 2.22. The van der Waals surface area contributed by atoms with Gasteiger partial charge in [-0.05, 0) is 54.8 Å². The van der Waals surface area contributed by atoms with Gasteiger partial charge in [-0.1, -0.05) is 43.8 Å². The van der Waals surface area contributed by atoms with Crippen LogP contribution in [0.2, 0.25) is 19.6 Å². The number of allylic oxidation sites excluding steroid dienone is 1. The maximum absolute atomic E-state index is 14.0. The second-order valence-corrected chi connectivity index (χ2v) is 15.2. The van der Waals surface area contributed by atoms with E-state index in [0.29, 0.717) is 24.4 Å². The Morgan fingerprint density at radius 3 is 2.65 bits per heavy atom. The molecule has 6 heteroatoms. The van der Waals surface area contributed by atoms with Crippen molar-refractivity contribution in [3.05, 3.63) is 105 Å². The fraction of sp³-hybridized carbons (Fsp3) is 0.226. The lowest BCUT2D eigenvalue weighted by molar-refractivity contribution is 0.305. The van der Waals surface area contributed by atoms with Crippen molar-refractivity contribution in [2.75, 3.05) is 0 Å². The summed E-state index contributed by atoms with van der Waals surface area (Å²) in [5.41, 5.74) is 12.5. The topological polar surface area (TPSA) is 50.3 Å². The molecule has 4 nitrogen and oxygen atoms in total. The van der Waals surface area contributed by atoms with Gasteiger partial charge < -0.3 is 9.14 Å². The number of pyridine rings is 1. The smallest absolute Gasteiger partial charge is 0.138 e. The first-order valence-electron chi connectivity index (χ1n) is 12.3. The third kappa shape index (κ3) is 4.94.